The predicted octanol–water partition coefficient (Wildman–Crippen LogP) is 1.89. The Morgan fingerprint density at radius 1 is 1.30 bits per heavy atom. The minimum atomic E-state index is -0.814. The summed E-state index contributed by atoms with van der Waals surface area (Å²) in [6, 6.07) is 3.95. The summed E-state index contributed by atoms with van der Waals surface area (Å²) in [5.41, 5.74) is 5.98. The molecule has 0 fully saturated rings. The van der Waals surface area contributed by atoms with Gasteiger partial charge in [0.05, 0.1) is 5.54 Å². The smallest absolute Gasteiger partial charge is 0.239 e. The van der Waals surface area contributed by atoms with Gasteiger partial charge in [0.25, 0.3) is 0 Å². The van der Waals surface area contributed by atoms with Crippen molar-refractivity contribution >= 4 is 36.5 Å². The summed E-state index contributed by atoms with van der Waals surface area (Å²) in [4.78, 5) is 15.7. The van der Waals surface area contributed by atoms with Crippen LogP contribution in [-0.4, -0.2) is 29.5 Å². The van der Waals surface area contributed by atoms with Gasteiger partial charge in [-0.2, -0.15) is 0 Å². The van der Waals surface area contributed by atoms with Crippen molar-refractivity contribution in [2.45, 2.75) is 32.7 Å². The molecule has 1 aromatic heterocycles. The number of rotatable bonds is 6. The van der Waals surface area contributed by atoms with E-state index in [1.54, 1.807) is 13.8 Å². The average Bonchev–Trinajstić information content (AvgIpc) is 2.29. The number of halogens is 2. The number of hydrogen-bond acceptors (Lipinski definition) is 4. The van der Waals surface area contributed by atoms with E-state index in [1.165, 1.54) is 0 Å². The molecule has 4 N–H and O–H groups in total. The number of anilines is 1. The maximum atomic E-state index is 11.5. The molecular weight excluding hydrogens is 299 g/mol. The molecule has 0 unspecified atom stereocenters. The summed E-state index contributed by atoms with van der Waals surface area (Å²) in [5, 5.41) is 5.98. The number of nitrogens with one attached hydrogen (secondary N) is 2. The lowest BCUT2D eigenvalue weighted by atomic mass is 10.1. The highest BCUT2D eigenvalue weighted by atomic mass is 35.5. The second-order valence-electron chi connectivity index (χ2n) is 4.98. The van der Waals surface area contributed by atoms with Gasteiger partial charge in [-0.3, -0.25) is 4.79 Å². The normalized spacial score (nSPS) is 10.0. The molecule has 116 valence electrons. The summed E-state index contributed by atoms with van der Waals surface area (Å²) in [7, 11) is 0. The molecule has 0 aromatic carbocycles. The lowest BCUT2D eigenvalue weighted by Gasteiger charge is -2.17. The number of amides is 1. The first kappa shape index (κ1) is 21.3. The molecule has 1 rings (SSSR count). The number of hydrogen-bond donors (Lipinski definition) is 3. The van der Waals surface area contributed by atoms with Gasteiger partial charge < -0.3 is 16.4 Å². The van der Waals surface area contributed by atoms with Crippen LogP contribution in [0.1, 0.15) is 25.8 Å². The van der Waals surface area contributed by atoms with Crippen molar-refractivity contribution in [1.82, 2.24) is 10.3 Å². The molecule has 0 saturated carbocycles. The van der Waals surface area contributed by atoms with Crippen LogP contribution >= 0.6 is 24.8 Å². The fourth-order valence-electron chi connectivity index (χ4n) is 1.31. The molecule has 0 aliphatic heterocycles. The predicted molar refractivity (Wildman–Crippen MR) is 87.9 cm³/mol. The topological polar surface area (TPSA) is 80.0 Å². The first-order chi connectivity index (χ1) is 8.39. The average molecular weight is 323 g/mol. The van der Waals surface area contributed by atoms with E-state index in [0.29, 0.717) is 6.54 Å². The molecule has 5 nitrogen and oxygen atoms in total. The number of aromatic nitrogens is 1. The van der Waals surface area contributed by atoms with Crippen LogP contribution in [0.4, 0.5) is 5.82 Å². The van der Waals surface area contributed by atoms with Gasteiger partial charge in [0.15, 0.2) is 0 Å². The number of nitrogens with zero attached hydrogens (tertiary/aromatic N) is 1. The zero-order chi connectivity index (χ0) is 13.6. The van der Waals surface area contributed by atoms with Crippen molar-refractivity contribution in [3.63, 3.8) is 0 Å². The zero-order valence-corrected chi connectivity index (χ0v) is 13.7. The summed E-state index contributed by atoms with van der Waals surface area (Å²) in [6.07, 6.45) is 2.65. The fraction of sp³-hybridized carbons (Fsp3) is 0.538. The Kier molecular flexibility index (Phi) is 10.4. The van der Waals surface area contributed by atoms with Gasteiger partial charge in [0, 0.05) is 19.3 Å². The Bertz CT molecular complexity index is 390. The van der Waals surface area contributed by atoms with E-state index in [-0.39, 0.29) is 30.7 Å². The molecule has 0 atom stereocenters. The van der Waals surface area contributed by atoms with E-state index in [4.69, 9.17) is 5.73 Å². The van der Waals surface area contributed by atoms with Crippen LogP contribution in [0.2, 0.25) is 0 Å². The van der Waals surface area contributed by atoms with Crippen molar-refractivity contribution < 1.29 is 4.79 Å². The molecule has 1 aromatic rings. The van der Waals surface area contributed by atoms with E-state index in [9.17, 15) is 4.79 Å². The van der Waals surface area contributed by atoms with Gasteiger partial charge >= 0.3 is 0 Å². The third kappa shape index (κ3) is 8.19. The van der Waals surface area contributed by atoms with Crippen LogP contribution in [0.15, 0.2) is 18.3 Å². The summed E-state index contributed by atoms with van der Waals surface area (Å²) < 4.78 is 0. The Morgan fingerprint density at radius 2 is 1.95 bits per heavy atom. The molecule has 20 heavy (non-hydrogen) atoms. The highest BCUT2D eigenvalue weighted by Crippen LogP contribution is 2.03. The fourth-order valence-corrected chi connectivity index (χ4v) is 1.31. The number of aryl methyl sites for hydroxylation is 1. The van der Waals surface area contributed by atoms with Crippen LogP contribution in [-0.2, 0) is 4.79 Å². The minimum Gasteiger partial charge on any atom is -0.370 e. The molecule has 7 heteroatoms. The van der Waals surface area contributed by atoms with Gasteiger partial charge in [0.2, 0.25) is 5.91 Å². The van der Waals surface area contributed by atoms with Crippen molar-refractivity contribution in [3.8, 4) is 0 Å². The van der Waals surface area contributed by atoms with E-state index >= 15 is 0 Å². The zero-order valence-electron chi connectivity index (χ0n) is 12.1. The molecular formula is C13H24Cl2N4O. The van der Waals surface area contributed by atoms with Crippen molar-refractivity contribution in [1.29, 1.82) is 0 Å². The third-order valence-electron chi connectivity index (χ3n) is 2.44. The van der Waals surface area contributed by atoms with Gasteiger partial charge in [-0.05, 0) is 38.8 Å². The maximum Gasteiger partial charge on any atom is 0.239 e. The lowest BCUT2D eigenvalue weighted by Crippen LogP contribution is -2.49. The third-order valence-corrected chi connectivity index (χ3v) is 2.44. The van der Waals surface area contributed by atoms with Gasteiger partial charge in [-0.25, -0.2) is 4.98 Å². The number of nitrogens with two attached hydrogens (primary N) is 1. The molecule has 1 heterocycles. The van der Waals surface area contributed by atoms with Crippen molar-refractivity contribution in [3.05, 3.63) is 23.9 Å². The second kappa shape index (κ2) is 9.80. The molecule has 0 spiro atoms. The van der Waals surface area contributed by atoms with Crippen LogP contribution in [0, 0.1) is 6.92 Å². The molecule has 0 aliphatic rings. The van der Waals surface area contributed by atoms with Crippen LogP contribution < -0.4 is 16.4 Å². The number of carbonyl (C=O) groups is 1. The van der Waals surface area contributed by atoms with Gasteiger partial charge in [-0.15, -0.1) is 24.8 Å². The van der Waals surface area contributed by atoms with Crippen molar-refractivity contribution in [2.24, 2.45) is 5.73 Å². The maximum absolute atomic E-state index is 11.5. The molecule has 0 radical (unpaired) electrons. The van der Waals surface area contributed by atoms with E-state index in [1.807, 2.05) is 25.3 Å². The summed E-state index contributed by atoms with van der Waals surface area (Å²) in [6.45, 7) is 6.76. The first-order valence-electron chi connectivity index (χ1n) is 6.13. The Hall–Kier alpha value is -1.04. The van der Waals surface area contributed by atoms with Gasteiger partial charge in [-0.1, -0.05) is 6.07 Å². The van der Waals surface area contributed by atoms with Gasteiger partial charge in [0.1, 0.15) is 5.82 Å². The molecule has 0 aliphatic carbocycles. The quantitative estimate of drug-likeness (QED) is 0.699. The SMILES string of the molecule is Cc1ccc(NCCCNC(=O)C(C)(C)N)nc1.Cl.Cl. The highest BCUT2D eigenvalue weighted by Gasteiger charge is 2.20. The monoisotopic (exact) mass is 322 g/mol. The van der Waals surface area contributed by atoms with Crippen LogP contribution in [0.25, 0.3) is 0 Å². The van der Waals surface area contributed by atoms with Crippen LogP contribution in [0.5, 0.6) is 0 Å². The van der Waals surface area contributed by atoms with E-state index < -0.39 is 5.54 Å². The summed E-state index contributed by atoms with van der Waals surface area (Å²) in [5.74, 6) is 0.724. The molecule has 0 saturated heterocycles. The minimum absolute atomic E-state index is 0. The Balaban J connectivity index is 0. The number of carbonyl (C=O) groups excluding carboxylic acids is 1. The standard InChI is InChI=1S/C13H22N4O.2ClH/c1-10-5-6-11(17-9-10)15-7-4-8-16-12(18)13(2,3)14;;/h5-6,9H,4,7-8,14H2,1-3H3,(H,15,17)(H,16,18);2*1H. The second-order valence-corrected chi connectivity index (χ2v) is 4.98. The first-order valence-corrected chi connectivity index (χ1v) is 6.13. The van der Waals surface area contributed by atoms with E-state index in [2.05, 4.69) is 15.6 Å². The number of pyridine rings is 1. The van der Waals surface area contributed by atoms with Crippen molar-refractivity contribution in [2.75, 3.05) is 18.4 Å². The van der Waals surface area contributed by atoms with Crippen LogP contribution in [0.3, 0.4) is 0 Å². The van der Waals surface area contributed by atoms with E-state index in [0.717, 1.165) is 24.3 Å². The molecule has 0 bridgehead atoms. The molecule has 1 amide bonds. The Labute approximate surface area is 132 Å². The highest BCUT2D eigenvalue weighted by molar-refractivity contribution is 5.85. The lowest BCUT2D eigenvalue weighted by molar-refractivity contribution is -0.125. The largest absolute Gasteiger partial charge is 0.370 e. The summed E-state index contributed by atoms with van der Waals surface area (Å²) >= 11 is 0. The Morgan fingerprint density at radius 3 is 2.45 bits per heavy atom.